The van der Waals surface area contributed by atoms with Gasteiger partial charge in [-0.25, -0.2) is 15.0 Å². The van der Waals surface area contributed by atoms with E-state index < -0.39 is 0 Å². The minimum Gasteiger partial charge on any atom is -0.327 e. The van der Waals surface area contributed by atoms with E-state index >= 15 is 0 Å². The van der Waals surface area contributed by atoms with Crippen LogP contribution in [-0.2, 0) is 32.2 Å². The number of aryl methyl sites for hydroxylation is 2. The summed E-state index contributed by atoms with van der Waals surface area (Å²) in [6, 6.07) is 12.2. The van der Waals surface area contributed by atoms with Crippen LogP contribution >= 0.6 is 0 Å². The van der Waals surface area contributed by atoms with E-state index in [0.29, 0.717) is 12.4 Å². The van der Waals surface area contributed by atoms with Gasteiger partial charge in [-0.2, -0.15) is 0 Å². The van der Waals surface area contributed by atoms with Crippen LogP contribution in [0.5, 0.6) is 0 Å². The second-order valence-electron chi connectivity index (χ2n) is 9.83. The molecule has 0 saturated heterocycles. The lowest BCUT2D eigenvalue weighted by molar-refractivity contribution is 0.0980. The molecule has 0 N–H and O–H groups in total. The van der Waals surface area contributed by atoms with Gasteiger partial charge in [-0.3, -0.25) is 9.69 Å². The highest BCUT2D eigenvalue weighted by Gasteiger charge is 2.28. The van der Waals surface area contributed by atoms with Crippen LogP contribution in [-0.4, -0.2) is 36.5 Å². The monoisotopic (exact) mass is 464 g/mol. The molecule has 7 heteroatoms. The van der Waals surface area contributed by atoms with Crippen molar-refractivity contribution in [1.29, 1.82) is 0 Å². The van der Waals surface area contributed by atoms with E-state index in [1.54, 1.807) is 0 Å². The molecule has 2 aliphatic heterocycles. The minimum atomic E-state index is 0.0110. The van der Waals surface area contributed by atoms with E-state index in [1.165, 1.54) is 42.8 Å². The number of benzene rings is 1. The van der Waals surface area contributed by atoms with Crippen LogP contribution in [0, 0.1) is 0 Å². The summed E-state index contributed by atoms with van der Waals surface area (Å²) < 4.78 is 4.45. The molecule has 0 bridgehead atoms. The van der Waals surface area contributed by atoms with Crippen LogP contribution in [0.1, 0.15) is 58.7 Å². The first-order valence-corrected chi connectivity index (χ1v) is 12.8. The summed E-state index contributed by atoms with van der Waals surface area (Å²) in [6.45, 7) is 1.61. The molecule has 0 radical (unpaired) electrons. The molecule has 0 saturated carbocycles. The largest absolute Gasteiger partial charge is 0.327 e. The summed E-state index contributed by atoms with van der Waals surface area (Å²) in [5, 5.41) is 0. The summed E-state index contributed by atoms with van der Waals surface area (Å²) in [6.07, 6.45) is 12.6. The highest BCUT2D eigenvalue weighted by atomic mass is 16.2. The topological polar surface area (TPSA) is 68.8 Å². The number of imidazole rings is 2. The Kier molecular flexibility index (Phi) is 4.82. The average molecular weight is 465 g/mol. The summed E-state index contributed by atoms with van der Waals surface area (Å²) in [5.74, 6) is 1.60. The van der Waals surface area contributed by atoms with Gasteiger partial charge in [-0.1, -0.05) is 12.1 Å². The van der Waals surface area contributed by atoms with E-state index in [2.05, 4.69) is 31.2 Å². The number of nitrogens with zero attached hydrogens (tertiary/aromatic N) is 6. The van der Waals surface area contributed by atoms with Gasteiger partial charge in [0, 0.05) is 41.9 Å². The summed E-state index contributed by atoms with van der Waals surface area (Å²) in [7, 11) is 0. The smallest absolute Gasteiger partial charge is 0.259 e. The van der Waals surface area contributed by atoms with Crippen LogP contribution in [0.15, 0.2) is 48.9 Å². The highest BCUT2D eigenvalue weighted by Crippen LogP contribution is 2.30. The van der Waals surface area contributed by atoms with Crippen molar-refractivity contribution in [2.75, 3.05) is 11.4 Å². The Bertz CT molecular complexity index is 1450. The van der Waals surface area contributed by atoms with Gasteiger partial charge in [-0.05, 0) is 81.2 Å². The number of pyridine rings is 1. The lowest BCUT2D eigenvalue weighted by Crippen LogP contribution is -2.38. The number of hydrogen-bond donors (Lipinski definition) is 0. The summed E-state index contributed by atoms with van der Waals surface area (Å²) >= 11 is 0. The van der Waals surface area contributed by atoms with Crippen molar-refractivity contribution in [3.8, 4) is 17.2 Å². The van der Waals surface area contributed by atoms with Crippen molar-refractivity contribution in [2.24, 2.45) is 0 Å². The number of fused-ring (bicyclic) bond motifs is 3. The number of rotatable bonds is 3. The first kappa shape index (κ1) is 20.6. The van der Waals surface area contributed by atoms with E-state index in [-0.39, 0.29) is 5.91 Å². The Morgan fingerprint density at radius 2 is 1.77 bits per heavy atom. The fourth-order valence-electron chi connectivity index (χ4n) is 5.86. The molecule has 35 heavy (non-hydrogen) atoms. The molecule has 0 spiro atoms. The van der Waals surface area contributed by atoms with Gasteiger partial charge >= 0.3 is 0 Å². The SMILES string of the molecule is O=C1c2cc(-n3cnc4c3CCCC4)ccc2CCN1c1cccc(-c2ncc3n2CCCC3)n1. The number of anilines is 1. The first-order valence-electron chi connectivity index (χ1n) is 12.8. The lowest BCUT2D eigenvalue weighted by Gasteiger charge is -2.28. The van der Waals surface area contributed by atoms with E-state index in [4.69, 9.17) is 4.98 Å². The lowest BCUT2D eigenvalue weighted by atomic mass is 9.97. The second-order valence-corrected chi connectivity index (χ2v) is 9.83. The quantitative estimate of drug-likeness (QED) is 0.446. The second kappa shape index (κ2) is 8.18. The summed E-state index contributed by atoms with van der Waals surface area (Å²) in [4.78, 5) is 29.7. The molecule has 1 aromatic carbocycles. The van der Waals surface area contributed by atoms with Crippen LogP contribution in [0.3, 0.4) is 0 Å². The Balaban J connectivity index is 1.22. The predicted octanol–water partition coefficient (Wildman–Crippen LogP) is 4.55. The van der Waals surface area contributed by atoms with Crippen LogP contribution in [0.4, 0.5) is 5.82 Å². The molecule has 4 aromatic rings. The molecule has 1 aliphatic carbocycles. The number of hydrogen-bond acceptors (Lipinski definition) is 4. The first-order chi connectivity index (χ1) is 17.3. The van der Waals surface area contributed by atoms with Gasteiger partial charge in [0.1, 0.15) is 11.5 Å². The number of carbonyl (C=O) groups excluding carboxylic acids is 1. The van der Waals surface area contributed by atoms with E-state index in [1.807, 2.05) is 41.7 Å². The maximum absolute atomic E-state index is 13.7. The standard InChI is InChI=1S/C28H28N6O/c35-28-22-16-20(34-18-30-23-7-1-2-9-25(23)34)12-11-19(22)13-15-33(28)26-10-5-8-24(31-26)27-29-17-21-6-3-4-14-32(21)27/h5,8,10-12,16-18H,1-4,6-7,9,13-15H2. The van der Waals surface area contributed by atoms with E-state index in [0.717, 1.165) is 60.6 Å². The van der Waals surface area contributed by atoms with Gasteiger partial charge in [0.05, 0.1) is 12.0 Å². The average Bonchev–Trinajstić information content (AvgIpc) is 3.54. The van der Waals surface area contributed by atoms with Crippen molar-refractivity contribution in [1.82, 2.24) is 24.1 Å². The molecule has 0 unspecified atom stereocenters. The molecule has 0 fully saturated rings. The molecule has 7 nitrogen and oxygen atoms in total. The fraction of sp³-hybridized carbons (Fsp3) is 0.357. The Labute approximate surface area is 204 Å². The molecule has 3 aromatic heterocycles. The molecule has 7 rings (SSSR count). The molecule has 1 amide bonds. The zero-order valence-electron chi connectivity index (χ0n) is 19.8. The summed E-state index contributed by atoms with van der Waals surface area (Å²) in [5.41, 5.74) is 7.46. The van der Waals surface area contributed by atoms with Crippen molar-refractivity contribution >= 4 is 11.7 Å². The van der Waals surface area contributed by atoms with Gasteiger partial charge in [0.15, 0.2) is 5.82 Å². The van der Waals surface area contributed by atoms with Crippen molar-refractivity contribution < 1.29 is 4.79 Å². The van der Waals surface area contributed by atoms with E-state index in [9.17, 15) is 4.79 Å². The molecular formula is C28H28N6O. The van der Waals surface area contributed by atoms with Crippen LogP contribution < -0.4 is 4.90 Å². The van der Waals surface area contributed by atoms with Gasteiger partial charge in [0.25, 0.3) is 5.91 Å². The van der Waals surface area contributed by atoms with Crippen molar-refractivity contribution in [3.05, 3.63) is 77.1 Å². The van der Waals surface area contributed by atoms with Gasteiger partial charge in [0.2, 0.25) is 0 Å². The number of amides is 1. The Morgan fingerprint density at radius 3 is 2.74 bits per heavy atom. The molecule has 0 atom stereocenters. The molecular weight excluding hydrogens is 436 g/mol. The van der Waals surface area contributed by atoms with Crippen molar-refractivity contribution in [2.45, 2.75) is 57.9 Å². The third-order valence-corrected chi connectivity index (χ3v) is 7.72. The van der Waals surface area contributed by atoms with Gasteiger partial charge in [-0.15, -0.1) is 0 Å². The van der Waals surface area contributed by atoms with Gasteiger partial charge < -0.3 is 9.13 Å². The normalized spacial score (nSPS) is 17.1. The molecule has 176 valence electrons. The highest BCUT2D eigenvalue weighted by molar-refractivity contribution is 6.08. The van der Waals surface area contributed by atoms with Crippen LogP contribution in [0.25, 0.3) is 17.2 Å². The minimum absolute atomic E-state index is 0.0110. The molecule has 5 heterocycles. The Morgan fingerprint density at radius 1 is 0.857 bits per heavy atom. The third kappa shape index (κ3) is 3.40. The predicted molar refractivity (Wildman–Crippen MR) is 134 cm³/mol. The van der Waals surface area contributed by atoms with Crippen molar-refractivity contribution in [3.63, 3.8) is 0 Å². The van der Waals surface area contributed by atoms with Crippen LogP contribution in [0.2, 0.25) is 0 Å². The fourth-order valence-corrected chi connectivity index (χ4v) is 5.86. The molecule has 3 aliphatic rings. The zero-order valence-corrected chi connectivity index (χ0v) is 19.8. The number of aromatic nitrogens is 5. The Hall–Kier alpha value is -3.74. The third-order valence-electron chi connectivity index (χ3n) is 7.72. The maximum atomic E-state index is 13.7. The zero-order chi connectivity index (χ0) is 23.4. The number of carbonyl (C=O) groups is 1. The maximum Gasteiger partial charge on any atom is 0.259 e.